The standard InChI is InChI=1S/C17H34O3/c1-2-3-4-5-6-7-8-9-10-11-12-13-14-15-16-19-20-17-18/h17H,2-16H2,1H3. The Labute approximate surface area is 125 Å². The Morgan fingerprint density at radius 2 is 1.05 bits per heavy atom. The molecule has 0 atom stereocenters. The summed E-state index contributed by atoms with van der Waals surface area (Å²) >= 11 is 0. The summed E-state index contributed by atoms with van der Waals surface area (Å²) in [6, 6.07) is 0. The quantitative estimate of drug-likeness (QED) is 0.152. The first-order chi connectivity index (χ1) is 9.91. The molecule has 0 bridgehead atoms. The molecule has 120 valence electrons. The van der Waals surface area contributed by atoms with Gasteiger partial charge in [-0.2, -0.15) is 4.89 Å². The van der Waals surface area contributed by atoms with E-state index in [1.165, 1.54) is 83.5 Å². The third-order valence-corrected chi connectivity index (χ3v) is 3.69. The monoisotopic (exact) mass is 286 g/mol. The van der Waals surface area contributed by atoms with Crippen LogP contribution in [0.1, 0.15) is 96.8 Å². The molecule has 0 aromatic carbocycles. The molecule has 0 aliphatic carbocycles. The van der Waals surface area contributed by atoms with Gasteiger partial charge in [0.05, 0.1) is 6.61 Å². The molecule has 0 aromatic heterocycles. The summed E-state index contributed by atoms with van der Waals surface area (Å²) in [4.78, 5) is 18.6. The normalized spacial score (nSPS) is 10.7. The van der Waals surface area contributed by atoms with Crippen LogP contribution in [0.2, 0.25) is 0 Å². The van der Waals surface area contributed by atoms with Crippen LogP contribution in [0.5, 0.6) is 0 Å². The van der Waals surface area contributed by atoms with E-state index in [0.717, 1.165) is 6.42 Å². The van der Waals surface area contributed by atoms with Gasteiger partial charge in [0.1, 0.15) is 0 Å². The van der Waals surface area contributed by atoms with Crippen molar-refractivity contribution in [1.82, 2.24) is 0 Å². The first-order valence-electron chi connectivity index (χ1n) is 8.63. The maximum atomic E-state index is 9.81. The van der Waals surface area contributed by atoms with Crippen LogP contribution in [0.15, 0.2) is 0 Å². The second kappa shape index (κ2) is 18.4. The first-order valence-corrected chi connectivity index (χ1v) is 8.63. The van der Waals surface area contributed by atoms with Crippen molar-refractivity contribution in [3.05, 3.63) is 0 Å². The minimum Gasteiger partial charge on any atom is -0.302 e. The average Bonchev–Trinajstić information content (AvgIpc) is 2.47. The van der Waals surface area contributed by atoms with Crippen molar-refractivity contribution in [2.75, 3.05) is 6.61 Å². The van der Waals surface area contributed by atoms with Crippen LogP contribution in [-0.2, 0) is 14.6 Å². The lowest BCUT2D eigenvalue weighted by atomic mass is 10.0. The van der Waals surface area contributed by atoms with Gasteiger partial charge in [0.25, 0.3) is 0 Å². The van der Waals surface area contributed by atoms with Crippen LogP contribution in [0.4, 0.5) is 0 Å². The van der Waals surface area contributed by atoms with E-state index in [0.29, 0.717) is 13.1 Å². The fourth-order valence-corrected chi connectivity index (χ4v) is 2.43. The van der Waals surface area contributed by atoms with Gasteiger partial charge in [-0.15, -0.1) is 0 Å². The lowest BCUT2D eigenvalue weighted by Crippen LogP contribution is -1.94. The predicted molar refractivity (Wildman–Crippen MR) is 83.4 cm³/mol. The van der Waals surface area contributed by atoms with Gasteiger partial charge in [-0.3, -0.25) is 4.79 Å². The third-order valence-electron chi connectivity index (χ3n) is 3.69. The minimum atomic E-state index is 0.323. The molecule has 0 rings (SSSR count). The van der Waals surface area contributed by atoms with E-state index >= 15 is 0 Å². The number of unbranched alkanes of at least 4 members (excludes halogenated alkanes) is 13. The van der Waals surface area contributed by atoms with Crippen molar-refractivity contribution in [3.8, 4) is 0 Å². The van der Waals surface area contributed by atoms with Gasteiger partial charge in [-0.1, -0.05) is 90.4 Å². The molecule has 0 heterocycles. The zero-order chi connectivity index (χ0) is 14.7. The van der Waals surface area contributed by atoms with Crippen molar-refractivity contribution < 1.29 is 14.6 Å². The van der Waals surface area contributed by atoms with E-state index < -0.39 is 0 Å². The van der Waals surface area contributed by atoms with Crippen molar-refractivity contribution in [2.45, 2.75) is 96.8 Å². The Balaban J connectivity index is 2.90. The van der Waals surface area contributed by atoms with Crippen LogP contribution in [0.25, 0.3) is 0 Å². The van der Waals surface area contributed by atoms with Crippen LogP contribution in [0, 0.1) is 0 Å². The average molecular weight is 286 g/mol. The molecule has 0 unspecified atom stereocenters. The molecular formula is C17H34O3. The van der Waals surface area contributed by atoms with Gasteiger partial charge in [0.15, 0.2) is 0 Å². The van der Waals surface area contributed by atoms with Crippen molar-refractivity contribution in [3.63, 3.8) is 0 Å². The van der Waals surface area contributed by atoms with Gasteiger partial charge >= 0.3 is 6.47 Å². The SMILES string of the molecule is CCCCCCCCCCCCCCCCOOC=O. The Morgan fingerprint density at radius 1 is 0.650 bits per heavy atom. The molecule has 0 amide bonds. The van der Waals surface area contributed by atoms with E-state index in [2.05, 4.69) is 16.7 Å². The highest BCUT2D eigenvalue weighted by Gasteiger charge is 1.94. The molecule has 3 heteroatoms. The zero-order valence-corrected chi connectivity index (χ0v) is 13.4. The lowest BCUT2D eigenvalue weighted by Gasteiger charge is -2.03. The molecule has 0 aromatic rings. The molecule has 0 saturated carbocycles. The summed E-state index contributed by atoms with van der Waals surface area (Å²) in [6.45, 7) is 3.12. The maximum absolute atomic E-state index is 9.81. The van der Waals surface area contributed by atoms with Gasteiger partial charge in [-0.25, -0.2) is 0 Å². The lowest BCUT2D eigenvalue weighted by molar-refractivity contribution is -0.259. The molecule has 0 saturated heterocycles. The van der Waals surface area contributed by atoms with E-state index in [9.17, 15) is 4.79 Å². The Hall–Kier alpha value is -0.570. The highest BCUT2D eigenvalue weighted by molar-refractivity contribution is 5.35. The fraction of sp³-hybridized carbons (Fsp3) is 0.941. The molecule has 0 aliphatic rings. The summed E-state index contributed by atoms with van der Waals surface area (Å²) in [5.41, 5.74) is 0. The van der Waals surface area contributed by atoms with E-state index in [1.807, 2.05) is 0 Å². The number of hydrogen-bond donors (Lipinski definition) is 0. The minimum absolute atomic E-state index is 0.323. The van der Waals surface area contributed by atoms with Crippen molar-refractivity contribution in [1.29, 1.82) is 0 Å². The van der Waals surface area contributed by atoms with Gasteiger partial charge in [0, 0.05) is 0 Å². The molecule has 0 fully saturated rings. The van der Waals surface area contributed by atoms with Gasteiger partial charge < -0.3 is 4.89 Å². The van der Waals surface area contributed by atoms with E-state index in [1.54, 1.807) is 0 Å². The number of carbonyl (C=O) groups is 1. The molecule has 0 aliphatic heterocycles. The Morgan fingerprint density at radius 3 is 1.45 bits per heavy atom. The summed E-state index contributed by atoms with van der Waals surface area (Å²) in [5, 5.41) is 0. The van der Waals surface area contributed by atoms with Crippen LogP contribution >= 0.6 is 0 Å². The van der Waals surface area contributed by atoms with Crippen molar-refractivity contribution in [2.24, 2.45) is 0 Å². The first kappa shape index (κ1) is 19.4. The third kappa shape index (κ3) is 17.4. The predicted octanol–water partition coefficient (Wildman–Crippen LogP) is 5.57. The summed E-state index contributed by atoms with van der Waals surface area (Å²) in [6.07, 6.45) is 18.8. The smallest absolute Gasteiger partial charge is 0.302 e. The highest BCUT2D eigenvalue weighted by Crippen LogP contribution is 2.12. The molecule has 20 heavy (non-hydrogen) atoms. The zero-order valence-electron chi connectivity index (χ0n) is 13.4. The topological polar surface area (TPSA) is 35.5 Å². The van der Waals surface area contributed by atoms with Crippen LogP contribution in [-0.4, -0.2) is 13.1 Å². The highest BCUT2D eigenvalue weighted by atomic mass is 17.2. The molecule has 0 radical (unpaired) electrons. The Bertz CT molecular complexity index is 183. The number of carbonyl (C=O) groups excluding carboxylic acids is 1. The molecular weight excluding hydrogens is 252 g/mol. The van der Waals surface area contributed by atoms with Crippen LogP contribution < -0.4 is 0 Å². The van der Waals surface area contributed by atoms with Gasteiger partial charge in [-0.05, 0) is 6.42 Å². The molecule has 0 N–H and O–H groups in total. The second-order valence-electron chi connectivity index (χ2n) is 5.61. The summed E-state index contributed by atoms with van der Waals surface area (Å²) in [5.74, 6) is 0. The van der Waals surface area contributed by atoms with E-state index in [4.69, 9.17) is 0 Å². The molecule has 0 spiro atoms. The summed E-state index contributed by atoms with van der Waals surface area (Å²) < 4.78 is 0. The second-order valence-corrected chi connectivity index (χ2v) is 5.61. The Kier molecular flexibility index (Phi) is 17.9. The van der Waals surface area contributed by atoms with E-state index in [-0.39, 0.29) is 0 Å². The van der Waals surface area contributed by atoms with Crippen LogP contribution in [0.3, 0.4) is 0 Å². The fourth-order valence-electron chi connectivity index (χ4n) is 2.43. The van der Waals surface area contributed by atoms with Gasteiger partial charge in [0.2, 0.25) is 0 Å². The largest absolute Gasteiger partial charge is 0.330 e. The van der Waals surface area contributed by atoms with Crippen molar-refractivity contribution >= 4 is 6.47 Å². The number of hydrogen-bond acceptors (Lipinski definition) is 3. The maximum Gasteiger partial charge on any atom is 0.330 e. The molecule has 3 nitrogen and oxygen atoms in total. The summed E-state index contributed by atoms with van der Waals surface area (Å²) in [7, 11) is 0. The number of rotatable bonds is 17.